The average molecular weight is 212 g/mol. The van der Waals surface area contributed by atoms with Gasteiger partial charge in [0.05, 0.1) is 11.6 Å². The van der Waals surface area contributed by atoms with Crippen LogP contribution in [0.2, 0.25) is 0 Å². The van der Waals surface area contributed by atoms with Crippen LogP contribution in [0.25, 0.3) is 0 Å². The van der Waals surface area contributed by atoms with Gasteiger partial charge in [-0.25, -0.2) is 0 Å². The van der Waals surface area contributed by atoms with Crippen molar-refractivity contribution in [3.63, 3.8) is 0 Å². The number of hydrogen-bond donors (Lipinski definition) is 0. The van der Waals surface area contributed by atoms with Crippen LogP contribution in [0.15, 0.2) is 24.3 Å². The van der Waals surface area contributed by atoms with E-state index in [-0.39, 0.29) is 0 Å². The predicted molar refractivity (Wildman–Crippen MR) is 65.7 cm³/mol. The van der Waals surface area contributed by atoms with E-state index < -0.39 is 0 Å². The van der Waals surface area contributed by atoms with E-state index in [0.29, 0.717) is 11.3 Å². The van der Waals surface area contributed by atoms with Gasteiger partial charge >= 0.3 is 0 Å². The van der Waals surface area contributed by atoms with Crippen LogP contribution < -0.4 is 0 Å². The second-order valence-corrected chi connectivity index (χ2v) is 5.67. The van der Waals surface area contributed by atoms with Gasteiger partial charge in [-0.3, -0.25) is 0 Å². The molecule has 0 bridgehead atoms. The van der Waals surface area contributed by atoms with Crippen molar-refractivity contribution in [2.45, 2.75) is 33.6 Å². The van der Waals surface area contributed by atoms with Gasteiger partial charge in [0.15, 0.2) is 0 Å². The number of nitriles is 1. The van der Waals surface area contributed by atoms with Crippen molar-refractivity contribution < 1.29 is 0 Å². The first-order valence-corrected chi connectivity index (χ1v) is 5.88. The fraction of sp³-hybridized carbons (Fsp3) is 0.467. The summed E-state index contributed by atoms with van der Waals surface area (Å²) in [6.45, 7) is 6.92. The highest BCUT2D eigenvalue weighted by Gasteiger charge is 2.40. The average Bonchev–Trinajstić information content (AvgIpc) is 2.14. The molecular formula is C15H18N. The van der Waals surface area contributed by atoms with Crippen molar-refractivity contribution in [2.24, 2.45) is 11.3 Å². The maximum absolute atomic E-state index is 8.76. The Balaban J connectivity index is 2.17. The minimum atomic E-state index is 0.363. The molecule has 1 aliphatic carbocycles. The molecule has 1 unspecified atom stereocenters. The van der Waals surface area contributed by atoms with Crippen LogP contribution in [0.1, 0.15) is 44.7 Å². The van der Waals surface area contributed by atoms with Crippen molar-refractivity contribution in [3.05, 3.63) is 41.3 Å². The Kier molecular flexibility index (Phi) is 2.76. The molecule has 1 heteroatoms. The molecule has 1 fully saturated rings. The van der Waals surface area contributed by atoms with Gasteiger partial charge in [-0.05, 0) is 41.9 Å². The van der Waals surface area contributed by atoms with E-state index in [1.165, 1.54) is 18.4 Å². The molecule has 2 rings (SSSR count). The highest BCUT2D eigenvalue weighted by molar-refractivity contribution is 5.41. The van der Waals surface area contributed by atoms with Crippen molar-refractivity contribution in [1.29, 1.82) is 5.26 Å². The van der Waals surface area contributed by atoms with E-state index in [9.17, 15) is 0 Å². The number of benzene rings is 1. The molecule has 1 aromatic carbocycles. The van der Waals surface area contributed by atoms with Crippen molar-refractivity contribution >= 4 is 0 Å². The first-order valence-electron chi connectivity index (χ1n) is 5.88. The van der Waals surface area contributed by atoms with Crippen molar-refractivity contribution in [1.82, 2.24) is 0 Å². The standard InChI is InChI=1S/C15H18N/c1-15(2,3)14-9-8-13(14)12-6-4-11(10-16)5-7-12/h4-7,14H,8-9H2,1-3H3. The maximum atomic E-state index is 8.76. The molecule has 1 atom stereocenters. The lowest BCUT2D eigenvalue weighted by Gasteiger charge is -2.45. The van der Waals surface area contributed by atoms with Gasteiger partial charge in [-0.15, -0.1) is 0 Å². The summed E-state index contributed by atoms with van der Waals surface area (Å²) in [7, 11) is 0. The lowest BCUT2D eigenvalue weighted by atomic mass is 9.59. The fourth-order valence-corrected chi connectivity index (χ4v) is 2.49. The molecule has 16 heavy (non-hydrogen) atoms. The van der Waals surface area contributed by atoms with E-state index >= 15 is 0 Å². The molecule has 1 saturated carbocycles. The first-order chi connectivity index (χ1) is 7.52. The minimum absolute atomic E-state index is 0.363. The number of nitrogens with zero attached hydrogens (tertiary/aromatic N) is 1. The summed E-state index contributed by atoms with van der Waals surface area (Å²) >= 11 is 0. The quantitative estimate of drug-likeness (QED) is 0.691. The Morgan fingerprint density at radius 2 is 1.81 bits per heavy atom. The van der Waals surface area contributed by atoms with Gasteiger partial charge in [-0.1, -0.05) is 32.9 Å². The molecule has 0 aliphatic heterocycles. The Hall–Kier alpha value is -1.29. The molecule has 0 N–H and O–H groups in total. The minimum Gasteiger partial charge on any atom is -0.192 e. The van der Waals surface area contributed by atoms with E-state index in [0.717, 1.165) is 5.56 Å². The Morgan fingerprint density at radius 3 is 2.19 bits per heavy atom. The lowest BCUT2D eigenvalue weighted by molar-refractivity contribution is 0.180. The third kappa shape index (κ3) is 1.97. The highest BCUT2D eigenvalue weighted by atomic mass is 14.4. The van der Waals surface area contributed by atoms with Crippen LogP contribution >= 0.6 is 0 Å². The molecular weight excluding hydrogens is 194 g/mol. The van der Waals surface area contributed by atoms with E-state index in [2.05, 4.69) is 39.0 Å². The Labute approximate surface area is 98.1 Å². The van der Waals surface area contributed by atoms with Gasteiger partial charge < -0.3 is 0 Å². The normalized spacial score (nSPS) is 21.2. The zero-order chi connectivity index (χ0) is 11.8. The van der Waals surface area contributed by atoms with E-state index in [4.69, 9.17) is 5.26 Å². The zero-order valence-corrected chi connectivity index (χ0v) is 10.2. The highest BCUT2D eigenvalue weighted by Crippen LogP contribution is 2.50. The molecule has 0 saturated heterocycles. The lowest BCUT2D eigenvalue weighted by Crippen LogP contribution is -2.35. The third-order valence-corrected chi connectivity index (χ3v) is 3.55. The fourth-order valence-electron chi connectivity index (χ4n) is 2.49. The monoisotopic (exact) mass is 212 g/mol. The smallest absolute Gasteiger partial charge is 0.0991 e. The summed E-state index contributed by atoms with van der Waals surface area (Å²) in [6.07, 6.45) is 2.52. The zero-order valence-electron chi connectivity index (χ0n) is 10.2. The summed E-state index contributed by atoms with van der Waals surface area (Å²) in [5, 5.41) is 8.76. The number of hydrogen-bond acceptors (Lipinski definition) is 1. The second-order valence-electron chi connectivity index (χ2n) is 5.67. The molecule has 1 aliphatic rings. The predicted octanol–water partition coefficient (Wildman–Crippen LogP) is 3.94. The second kappa shape index (κ2) is 3.94. The van der Waals surface area contributed by atoms with E-state index in [1.807, 2.05) is 12.1 Å². The molecule has 1 radical (unpaired) electrons. The van der Waals surface area contributed by atoms with Gasteiger partial charge in [0.25, 0.3) is 0 Å². The first kappa shape index (κ1) is 11.2. The van der Waals surface area contributed by atoms with Crippen LogP contribution in [0.4, 0.5) is 0 Å². The molecule has 0 heterocycles. The molecule has 0 aromatic heterocycles. The Bertz CT molecular complexity index is 403. The third-order valence-electron chi connectivity index (χ3n) is 3.55. The summed E-state index contributed by atoms with van der Waals surface area (Å²) in [5.41, 5.74) is 2.43. The largest absolute Gasteiger partial charge is 0.192 e. The maximum Gasteiger partial charge on any atom is 0.0991 e. The van der Waals surface area contributed by atoms with Gasteiger partial charge in [0, 0.05) is 5.92 Å². The Morgan fingerprint density at radius 1 is 1.19 bits per heavy atom. The van der Waals surface area contributed by atoms with Crippen LogP contribution in [0, 0.1) is 28.6 Å². The van der Waals surface area contributed by atoms with E-state index in [1.54, 1.807) is 5.92 Å². The molecule has 0 spiro atoms. The van der Waals surface area contributed by atoms with Gasteiger partial charge in [0.2, 0.25) is 0 Å². The molecule has 0 amide bonds. The SMILES string of the molecule is CC(C)(C)C1CC[C]1c1ccc(C#N)cc1. The van der Waals surface area contributed by atoms with Crippen molar-refractivity contribution in [2.75, 3.05) is 0 Å². The van der Waals surface area contributed by atoms with Gasteiger partial charge in [0.1, 0.15) is 0 Å². The summed E-state index contributed by atoms with van der Waals surface area (Å²) < 4.78 is 0. The van der Waals surface area contributed by atoms with Crippen LogP contribution in [-0.2, 0) is 0 Å². The number of rotatable bonds is 1. The van der Waals surface area contributed by atoms with Gasteiger partial charge in [-0.2, -0.15) is 5.26 Å². The topological polar surface area (TPSA) is 23.8 Å². The molecule has 1 nitrogen and oxygen atoms in total. The molecule has 83 valence electrons. The molecule has 1 aromatic rings. The summed E-state index contributed by atoms with van der Waals surface area (Å²) in [6, 6.07) is 10.2. The van der Waals surface area contributed by atoms with Crippen LogP contribution in [0.5, 0.6) is 0 Å². The van der Waals surface area contributed by atoms with Crippen LogP contribution in [-0.4, -0.2) is 0 Å². The van der Waals surface area contributed by atoms with Crippen molar-refractivity contribution in [3.8, 4) is 6.07 Å². The van der Waals surface area contributed by atoms with Crippen LogP contribution in [0.3, 0.4) is 0 Å². The summed E-state index contributed by atoms with van der Waals surface area (Å²) in [4.78, 5) is 0. The summed E-state index contributed by atoms with van der Waals surface area (Å²) in [5.74, 6) is 2.28.